The summed E-state index contributed by atoms with van der Waals surface area (Å²) in [6.45, 7) is 0.667. The summed E-state index contributed by atoms with van der Waals surface area (Å²) >= 11 is 3.31. The number of carbonyl (C=O) groups is 1. The largest absolute Gasteiger partial charge is 0.398 e. The summed E-state index contributed by atoms with van der Waals surface area (Å²) in [6.07, 6.45) is 2.54. The summed E-state index contributed by atoms with van der Waals surface area (Å²) in [4.78, 5) is 11.9. The summed E-state index contributed by atoms with van der Waals surface area (Å²) in [7, 11) is 0. The van der Waals surface area contributed by atoms with Crippen LogP contribution >= 0.6 is 15.9 Å². The smallest absolute Gasteiger partial charge is 0.253 e. The van der Waals surface area contributed by atoms with E-state index in [4.69, 9.17) is 10.5 Å². The molecule has 5 heteroatoms. The van der Waals surface area contributed by atoms with E-state index < -0.39 is 0 Å². The first kappa shape index (κ1) is 12.4. The van der Waals surface area contributed by atoms with Crippen LogP contribution < -0.4 is 11.1 Å². The van der Waals surface area contributed by atoms with Crippen LogP contribution in [-0.2, 0) is 9.53 Å². The number of amides is 1. The zero-order valence-corrected chi connectivity index (χ0v) is 11.0. The van der Waals surface area contributed by atoms with Gasteiger partial charge in [0.1, 0.15) is 6.10 Å². The van der Waals surface area contributed by atoms with E-state index in [1.54, 1.807) is 12.1 Å². The van der Waals surface area contributed by atoms with Crippen LogP contribution in [0.25, 0.3) is 0 Å². The van der Waals surface area contributed by atoms with Crippen molar-refractivity contribution in [2.75, 3.05) is 17.7 Å². The maximum Gasteiger partial charge on any atom is 0.253 e. The molecule has 1 atom stereocenters. The Morgan fingerprint density at radius 3 is 2.94 bits per heavy atom. The summed E-state index contributed by atoms with van der Waals surface area (Å²) in [5, 5.41) is 2.81. The fourth-order valence-corrected chi connectivity index (χ4v) is 2.04. The average molecular weight is 299 g/mol. The Morgan fingerprint density at radius 1 is 1.47 bits per heavy atom. The highest BCUT2D eigenvalue weighted by atomic mass is 79.9. The fraction of sp³-hybridized carbons (Fsp3) is 0.417. The number of nitrogens with one attached hydrogen (secondary N) is 1. The predicted molar refractivity (Wildman–Crippen MR) is 70.8 cm³/mol. The van der Waals surface area contributed by atoms with Gasteiger partial charge in [-0.25, -0.2) is 0 Å². The number of rotatable bonds is 2. The monoisotopic (exact) mass is 298 g/mol. The molecule has 1 aromatic rings. The Labute approximate surface area is 109 Å². The van der Waals surface area contributed by atoms with Crippen molar-refractivity contribution in [1.29, 1.82) is 0 Å². The van der Waals surface area contributed by atoms with Crippen molar-refractivity contribution in [3.63, 3.8) is 0 Å². The molecule has 0 aromatic heterocycles. The molecule has 1 aliphatic heterocycles. The van der Waals surface area contributed by atoms with E-state index >= 15 is 0 Å². The van der Waals surface area contributed by atoms with E-state index in [0.717, 1.165) is 23.7 Å². The van der Waals surface area contributed by atoms with E-state index in [0.29, 0.717) is 18.0 Å². The van der Waals surface area contributed by atoms with Gasteiger partial charge in [0.15, 0.2) is 0 Å². The highest BCUT2D eigenvalue weighted by Gasteiger charge is 2.21. The van der Waals surface area contributed by atoms with Gasteiger partial charge in [0.05, 0.1) is 0 Å². The number of hydrogen-bond donors (Lipinski definition) is 2. The third-order valence-corrected chi connectivity index (χ3v) is 3.46. The van der Waals surface area contributed by atoms with Gasteiger partial charge < -0.3 is 15.8 Å². The van der Waals surface area contributed by atoms with Gasteiger partial charge in [0, 0.05) is 22.5 Å². The Balaban J connectivity index is 1.99. The molecule has 1 amide bonds. The molecule has 1 fully saturated rings. The lowest BCUT2D eigenvalue weighted by Crippen LogP contribution is -2.33. The van der Waals surface area contributed by atoms with E-state index in [1.165, 1.54) is 0 Å². The molecule has 2 rings (SSSR count). The van der Waals surface area contributed by atoms with Crippen LogP contribution in [0.2, 0.25) is 0 Å². The molecule has 1 heterocycles. The molecular formula is C12H15BrN2O2. The maximum absolute atomic E-state index is 11.9. The Kier molecular flexibility index (Phi) is 4.02. The van der Waals surface area contributed by atoms with Crippen LogP contribution in [0, 0.1) is 0 Å². The van der Waals surface area contributed by atoms with Gasteiger partial charge in [-0.3, -0.25) is 4.79 Å². The quantitative estimate of drug-likeness (QED) is 0.825. The Bertz CT molecular complexity index is 417. The van der Waals surface area contributed by atoms with Gasteiger partial charge in [-0.05, 0) is 53.4 Å². The first-order valence-electron chi connectivity index (χ1n) is 5.64. The standard InChI is InChI=1S/C12H15BrN2O2/c13-9-5-4-8(7-10(9)14)15-12(16)11-3-1-2-6-17-11/h4-5,7,11H,1-3,6,14H2,(H,15,16). The Morgan fingerprint density at radius 2 is 2.29 bits per heavy atom. The molecule has 0 spiro atoms. The highest BCUT2D eigenvalue weighted by molar-refractivity contribution is 9.10. The van der Waals surface area contributed by atoms with Gasteiger partial charge >= 0.3 is 0 Å². The molecule has 0 saturated carbocycles. The fourth-order valence-electron chi connectivity index (χ4n) is 1.79. The van der Waals surface area contributed by atoms with E-state index in [1.807, 2.05) is 6.07 Å². The summed E-state index contributed by atoms with van der Waals surface area (Å²) < 4.78 is 6.24. The highest BCUT2D eigenvalue weighted by Crippen LogP contribution is 2.23. The summed E-state index contributed by atoms with van der Waals surface area (Å²) in [6, 6.07) is 5.35. The number of hydrogen-bond acceptors (Lipinski definition) is 3. The molecule has 17 heavy (non-hydrogen) atoms. The molecule has 4 nitrogen and oxygen atoms in total. The van der Waals surface area contributed by atoms with Crippen molar-refractivity contribution >= 4 is 33.2 Å². The molecule has 0 bridgehead atoms. The molecule has 0 aliphatic carbocycles. The van der Waals surface area contributed by atoms with E-state index in [-0.39, 0.29) is 12.0 Å². The maximum atomic E-state index is 11.9. The second-order valence-corrected chi connectivity index (χ2v) is 4.94. The first-order chi connectivity index (χ1) is 8.16. The minimum absolute atomic E-state index is 0.0913. The molecular weight excluding hydrogens is 284 g/mol. The van der Waals surface area contributed by atoms with Crippen LogP contribution in [0.15, 0.2) is 22.7 Å². The Hall–Kier alpha value is -1.07. The zero-order chi connectivity index (χ0) is 12.3. The van der Waals surface area contributed by atoms with Crippen molar-refractivity contribution in [1.82, 2.24) is 0 Å². The number of carbonyl (C=O) groups excluding carboxylic acids is 1. The van der Waals surface area contributed by atoms with Crippen molar-refractivity contribution in [3.05, 3.63) is 22.7 Å². The van der Waals surface area contributed by atoms with Crippen molar-refractivity contribution in [2.24, 2.45) is 0 Å². The number of nitrogen functional groups attached to an aromatic ring is 1. The first-order valence-corrected chi connectivity index (χ1v) is 6.43. The van der Waals surface area contributed by atoms with Crippen molar-refractivity contribution in [3.8, 4) is 0 Å². The third-order valence-electron chi connectivity index (χ3n) is 2.74. The number of ether oxygens (including phenoxy) is 1. The molecule has 1 unspecified atom stereocenters. The lowest BCUT2D eigenvalue weighted by molar-refractivity contribution is -0.129. The number of benzene rings is 1. The number of nitrogens with two attached hydrogens (primary N) is 1. The molecule has 1 aliphatic rings. The second-order valence-electron chi connectivity index (χ2n) is 4.08. The van der Waals surface area contributed by atoms with E-state index in [2.05, 4.69) is 21.2 Å². The van der Waals surface area contributed by atoms with Gasteiger partial charge in [-0.15, -0.1) is 0 Å². The van der Waals surface area contributed by atoms with Crippen LogP contribution in [0.5, 0.6) is 0 Å². The molecule has 0 radical (unpaired) electrons. The van der Waals surface area contributed by atoms with Crippen molar-refractivity contribution < 1.29 is 9.53 Å². The topological polar surface area (TPSA) is 64.3 Å². The van der Waals surface area contributed by atoms with Crippen LogP contribution in [0.1, 0.15) is 19.3 Å². The normalized spacial score (nSPS) is 19.9. The molecule has 1 aromatic carbocycles. The van der Waals surface area contributed by atoms with Crippen LogP contribution in [0.4, 0.5) is 11.4 Å². The molecule has 1 saturated heterocycles. The lowest BCUT2D eigenvalue weighted by Gasteiger charge is -2.21. The van der Waals surface area contributed by atoms with Gasteiger partial charge in [-0.1, -0.05) is 0 Å². The van der Waals surface area contributed by atoms with Crippen LogP contribution in [0.3, 0.4) is 0 Å². The zero-order valence-electron chi connectivity index (χ0n) is 9.41. The van der Waals surface area contributed by atoms with Gasteiger partial charge in [0.25, 0.3) is 5.91 Å². The summed E-state index contributed by atoms with van der Waals surface area (Å²) in [5.41, 5.74) is 7.05. The van der Waals surface area contributed by atoms with Crippen molar-refractivity contribution in [2.45, 2.75) is 25.4 Å². The third kappa shape index (κ3) is 3.20. The van der Waals surface area contributed by atoms with Gasteiger partial charge in [0.2, 0.25) is 0 Å². The average Bonchev–Trinajstić information content (AvgIpc) is 2.35. The summed E-state index contributed by atoms with van der Waals surface area (Å²) in [5.74, 6) is -0.0913. The minimum atomic E-state index is -0.325. The second kappa shape index (κ2) is 5.51. The van der Waals surface area contributed by atoms with Crippen LogP contribution in [-0.4, -0.2) is 18.6 Å². The number of anilines is 2. The predicted octanol–water partition coefficient (Wildman–Crippen LogP) is 2.54. The molecule has 3 N–H and O–H groups in total. The molecule has 92 valence electrons. The SMILES string of the molecule is Nc1cc(NC(=O)C2CCCCO2)ccc1Br. The van der Waals surface area contributed by atoms with Gasteiger partial charge in [-0.2, -0.15) is 0 Å². The number of halogens is 1. The minimum Gasteiger partial charge on any atom is -0.398 e. The van der Waals surface area contributed by atoms with E-state index in [9.17, 15) is 4.79 Å². The lowest BCUT2D eigenvalue weighted by atomic mass is 10.1.